The Morgan fingerprint density at radius 2 is 1.87 bits per heavy atom. The summed E-state index contributed by atoms with van der Waals surface area (Å²) in [6.07, 6.45) is -2.80. The van der Waals surface area contributed by atoms with Crippen molar-refractivity contribution in [1.29, 1.82) is 0 Å². The Bertz CT molecular complexity index is 1080. The molecule has 0 radical (unpaired) electrons. The van der Waals surface area contributed by atoms with Gasteiger partial charge in [0.2, 0.25) is 5.91 Å². The van der Waals surface area contributed by atoms with Crippen molar-refractivity contribution in [2.45, 2.75) is 51.4 Å². The van der Waals surface area contributed by atoms with Crippen LogP contribution in [0.25, 0.3) is 0 Å². The molecule has 0 bridgehead atoms. The maximum absolute atomic E-state index is 13.0. The van der Waals surface area contributed by atoms with Crippen LogP contribution in [0.15, 0.2) is 36.4 Å². The molecule has 1 aliphatic carbocycles. The van der Waals surface area contributed by atoms with Gasteiger partial charge in [0, 0.05) is 41.4 Å². The molecule has 2 heterocycles. The first-order valence-electron chi connectivity index (χ1n) is 9.93. The number of amides is 1. The molecule has 0 unspecified atom stereocenters. The second-order valence-corrected chi connectivity index (χ2v) is 8.14. The number of anilines is 1. The molecule has 1 aromatic carbocycles. The van der Waals surface area contributed by atoms with Crippen LogP contribution in [0.5, 0.6) is 0 Å². The van der Waals surface area contributed by atoms with Crippen molar-refractivity contribution in [2.75, 3.05) is 5.32 Å². The molecule has 4 rings (SSSR count). The number of rotatable bonds is 7. The largest absolute Gasteiger partial charge is 0.435 e. The van der Waals surface area contributed by atoms with Gasteiger partial charge in [0.15, 0.2) is 11.5 Å². The average molecular weight is 452 g/mol. The fourth-order valence-corrected chi connectivity index (χ4v) is 3.49. The molecular formula is C21H21ClF3N5O. The third kappa shape index (κ3) is 5.28. The lowest BCUT2D eigenvalue weighted by Crippen LogP contribution is -2.17. The van der Waals surface area contributed by atoms with E-state index in [0.29, 0.717) is 23.1 Å². The van der Waals surface area contributed by atoms with Crippen LogP contribution < -0.4 is 5.32 Å². The molecular weight excluding hydrogens is 431 g/mol. The average Bonchev–Trinajstić information content (AvgIpc) is 3.35. The number of hydrogen-bond acceptors (Lipinski definition) is 3. The summed E-state index contributed by atoms with van der Waals surface area (Å²) in [7, 11) is 0. The van der Waals surface area contributed by atoms with Crippen molar-refractivity contribution >= 4 is 23.3 Å². The van der Waals surface area contributed by atoms with Gasteiger partial charge in [0.1, 0.15) is 0 Å². The number of alkyl halides is 3. The van der Waals surface area contributed by atoms with Crippen LogP contribution in [0.2, 0.25) is 5.02 Å². The zero-order chi connectivity index (χ0) is 22.2. The van der Waals surface area contributed by atoms with E-state index in [1.54, 1.807) is 22.9 Å². The summed E-state index contributed by atoms with van der Waals surface area (Å²) in [6.45, 7) is 2.48. The summed E-state index contributed by atoms with van der Waals surface area (Å²) in [5, 5.41) is 11.4. The van der Waals surface area contributed by atoms with Crippen LogP contribution >= 0.6 is 11.6 Å². The van der Waals surface area contributed by atoms with Crippen LogP contribution in [0.3, 0.4) is 0 Å². The number of benzene rings is 1. The van der Waals surface area contributed by atoms with E-state index < -0.39 is 11.9 Å². The van der Waals surface area contributed by atoms with Crippen LogP contribution in [0.4, 0.5) is 19.0 Å². The van der Waals surface area contributed by atoms with Crippen LogP contribution in [-0.4, -0.2) is 25.5 Å². The van der Waals surface area contributed by atoms with E-state index in [1.165, 1.54) is 4.68 Å². The molecule has 1 amide bonds. The number of nitrogens with one attached hydrogen (secondary N) is 1. The van der Waals surface area contributed by atoms with Gasteiger partial charge in [0.25, 0.3) is 0 Å². The first-order valence-corrected chi connectivity index (χ1v) is 10.3. The Balaban J connectivity index is 1.37. The van der Waals surface area contributed by atoms with Crippen molar-refractivity contribution in [3.05, 3.63) is 64.1 Å². The maximum atomic E-state index is 13.0. The minimum Gasteiger partial charge on any atom is -0.309 e. The highest BCUT2D eigenvalue weighted by atomic mass is 35.5. The normalized spacial score (nSPS) is 14.1. The summed E-state index contributed by atoms with van der Waals surface area (Å²) < 4.78 is 42.1. The lowest BCUT2D eigenvalue weighted by Gasteiger charge is -2.07. The fraction of sp³-hybridized carbons (Fsp3) is 0.381. The molecule has 1 N–H and O–H groups in total. The van der Waals surface area contributed by atoms with Crippen LogP contribution in [-0.2, 0) is 24.1 Å². The smallest absolute Gasteiger partial charge is 0.309 e. The van der Waals surface area contributed by atoms with E-state index in [4.69, 9.17) is 11.6 Å². The number of aryl methyl sites for hydroxylation is 2. The molecule has 1 saturated carbocycles. The molecule has 0 atom stereocenters. The molecule has 1 fully saturated rings. The molecule has 0 aliphatic heterocycles. The standard InChI is InChI=1S/C21H21ClF3N5O/c1-13-10-19(28-30(13)12-14-2-6-16(22)7-3-14)26-20(31)8-9-29-17(15-4-5-15)11-18(27-29)21(23,24)25/h2-3,6-7,10-11,15H,4-5,8-9,12H2,1H3,(H,26,28,31). The van der Waals surface area contributed by atoms with Gasteiger partial charge in [-0.2, -0.15) is 23.4 Å². The minimum atomic E-state index is -4.49. The van der Waals surface area contributed by atoms with Crippen LogP contribution in [0, 0.1) is 6.92 Å². The van der Waals surface area contributed by atoms with E-state index in [-0.39, 0.29) is 24.8 Å². The summed E-state index contributed by atoms with van der Waals surface area (Å²) in [5.41, 5.74) is 1.51. The summed E-state index contributed by atoms with van der Waals surface area (Å²) in [6, 6.07) is 10.2. The summed E-state index contributed by atoms with van der Waals surface area (Å²) in [4.78, 5) is 12.4. The van der Waals surface area contributed by atoms with Crippen molar-refractivity contribution in [1.82, 2.24) is 19.6 Å². The molecule has 0 saturated heterocycles. The number of hydrogen-bond donors (Lipinski definition) is 1. The monoisotopic (exact) mass is 451 g/mol. The lowest BCUT2D eigenvalue weighted by molar-refractivity contribution is -0.141. The molecule has 1 aliphatic rings. The Morgan fingerprint density at radius 1 is 1.16 bits per heavy atom. The predicted octanol–water partition coefficient (Wildman–Crippen LogP) is 5.01. The zero-order valence-electron chi connectivity index (χ0n) is 16.8. The van der Waals surface area contributed by atoms with E-state index in [0.717, 1.165) is 30.2 Å². The van der Waals surface area contributed by atoms with Crippen molar-refractivity contribution < 1.29 is 18.0 Å². The second-order valence-electron chi connectivity index (χ2n) is 7.70. The van der Waals surface area contributed by atoms with Crippen molar-refractivity contribution in [3.63, 3.8) is 0 Å². The first kappa shape index (κ1) is 21.4. The Morgan fingerprint density at radius 3 is 2.52 bits per heavy atom. The minimum absolute atomic E-state index is 0.00177. The predicted molar refractivity (Wildman–Crippen MR) is 110 cm³/mol. The van der Waals surface area contributed by atoms with Crippen molar-refractivity contribution in [2.24, 2.45) is 0 Å². The number of aromatic nitrogens is 4. The van der Waals surface area contributed by atoms with Gasteiger partial charge >= 0.3 is 6.18 Å². The van der Waals surface area contributed by atoms with Gasteiger partial charge in [-0.3, -0.25) is 14.2 Å². The van der Waals surface area contributed by atoms with Gasteiger partial charge in [0.05, 0.1) is 6.54 Å². The molecule has 3 aromatic rings. The summed E-state index contributed by atoms with van der Waals surface area (Å²) in [5.74, 6) is 0.162. The highest BCUT2D eigenvalue weighted by Crippen LogP contribution is 2.42. The second kappa shape index (κ2) is 8.37. The number of halogens is 4. The quantitative estimate of drug-likeness (QED) is 0.549. The number of nitrogens with zero attached hydrogens (tertiary/aromatic N) is 4. The Labute approximate surface area is 182 Å². The van der Waals surface area contributed by atoms with E-state index in [2.05, 4.69) is 15.5 Å². The van der Waals surface area contributed by atoms with Gasteiger partial charge in [-0.25, -0.2) is 0 Å². The zero-order valence-corrected chi connectivity index (χ0v) is 17.5. The molecule has 6 nitrogen and oxygen atoms in total. The topological polar surface area (TPSA) is 64.7 Å². The number of carbonyl (C=O) groups excluding carboxylic acids is 1. The molecule has 2 aromatic heterocycles. The van der Waals surface area contributed by atoms with Gasteiger partial charge in [-0.05, 0) is 43.5 Å². The SMILES string of the molecule is Cc1cc(NC(=O)CCn2nc(C(F)(F)F)cc2C2CC2)nn1Cc1ccc(Cl)cc1. The highest BCUT2D eigenvalue weighted by Gasteiger charge is 2.37. The highest BCUT2D eigenvalue weighted by molar-refractivity contribution is 6.30. The fourth-order valence-electron chi connectivity index (χ4n) is 3.36. The van der Waals surface area contributed by atoms with Gasteiger partial charge in [-0.1, -0.05) is 23.7 Å². The molecule has 164 valence electrons. The van der Waals surface area contributed by atoms with Gasteiger partial charge < -0.3 is 5.32 Å². The van der Waals surface area contributed by atoms with Gasteiger partial charge in [-0.15, -0.1) is 0 Å². The third-order valence-electron chi connectivity index (χ3n) is 5.14. The van der Waals surface area contributed by atoms with E-state index in [9.17, 15) is 18.0 Å². The van der Waals surface area contributed by atoms with Crippen LogP contribution in [0.1, 0.15) is 47.8 Å². The lowest BCUT2D eigenvalue weighted by atomic mass is 10.2. The molecule has 31 heavy (non-hydrogen) atoms. The number of carbonyl (C=O) groups is 1. The van der Waals surface area contributed by atoms with E-state index >= 15 is 0 Å². The van der Waals surface area contributed by atoms with E-state index in [1.807, 2.05) is 19.1 Å². The molecule has 0 spiro atoms. The Kier molecular flexibility index (Phi) is 5.79. The molecule has 10 heteroatoms. The summed E-state index contributed by atoms with van der Waals surface area (Å²) >= 11 is 5.90. The first-order chi connectivity index (χ1) is 14.7. The maximum Gasteiger partial charge on any atom is 0.435 e. The van der Waals surface area contributed by atoms with Crippen molar-refractivity contribution in [3.8, 4) is 0 Å². The Hall–Kier alpha value is -2.81. The third-order valence-corrected chi connectivity index (χ3v) is 5.39.